The zero-order chi connectivity index (χ0) is 21.7. The quantitative estimate of drug-likeness (QED) is 0.340. The van der Waals surface area contributed by atoms with E-state index in [-0.39, 0.29) is 18.1 Å². The van der Waals surface area contributed by atoms with Gasteiger partial charge in [-0.25, -0.2) is 0 Å². The first-order valence-corrected chi connectivity index (χ1v) is 10.7. The van der Waals surface area contributed by atoms with Crippen molar-refractivity contribution in [2.24, 2.45) is 0 Å². The number of rotatable bonds is 3. The lowest BCUT2D eigenvalue weighted by atomic mass is 9.99. The zero-order valence-electron chi connectivity index (χ0n) is 16.3. The van der Waals surface area contributed by atoms with Gasteiger partial charge in [0.25, 0.3) is 11.7 Å². The molecule has 1 saturated heterocycles. The molecule has 31 heavy (non-hydrogen) atoms. The van der Waals surface area contributed by atoms with E-state index in [0.717, 1.165) is 10.4 Å². The maximum atomic E-state index is 13.1. The van der Waals surface area contributed by atoms with Gasteiger partial charge in [-0.1, -0.05) is 23.7 Å². The Kier molecular flexibility index (Phi) is 4.72. The first kappa shape index (κ1) is 19.7. The van der Waals surface area contributed by atoms with Gasteiger partial charge in [-0.3, -0.25) is 14.5 Å². The molecular formula is C23H16ClNO5S. The van der Waals surface area contributed by atoms with Gasteiger partial charge in [-0.2, -0.15) is 0 Å². The lowest BCUT2D eigenvalue weighted by molar-refractivity contribution is -0.132. The number of hydrogen-bond acceptors (Lipinski definition) is 6. The highest BCUT2D eigenvalue weighted by Crippen LogP contribution is 2.45. The number of ether oxygens (including phenoxy) is 2. The molecule has 3 aromatic rings. The van der Waals surface area contributed by atoms with E-state index in [4.69, 9.17) is 21.1 Å². The minimum absolute atomic E-state index is 0.0167. The number of fused-ring (bicyclic) bond motifs is 1. The van der Waals surface area contributed by atoms with E-state index in [0.29, 0.717) is 27.8 Å². The van der Waals surface area contributed by atoms with E-state index in [9.17, 15) is 14.7 Å². The number of aliphatic hydroxyl groups excluding tert-OH is 1. The summed E-state index contributed by atoms with van der Waals surface area (Å²) >= 11 is 7.69. The molecule has 1 atom stereocenters. The zero-order valence-corrected chi connectivity index (χ0v) is 17.9. The molecule has 1 fully saturated rings. The van der Waals surface area contributed by atoms with Crippen molar-refractivity contribution in [3.8, 4) is 11.5 Å². The van der Waals surface area contributed by atoms with Gasteiger partial charge in [0, 0.05) is 21.2 Å². The summed E-state index contributed by atoms with van der Waals surface area (Å²) < 4.78 is 10.7. The molecule has 0 spiro atoms. The Morgan fingerprint density at radius 3 is 2.68 bits per heavy atom. The second kappa shape index (κ2) is 7.44. The number of benzene rings is 2. The highest BCUT2D eigenvalue weighted by atomic mass is 35.5. The van der Waals surface area contributed by atoms with E-state index in [1.54, 1.807) is 36.4 Å². The number of aryl methyl sites for hydroxylation is 1. The van der Waals surface area contributed by atoms with Gasteiger partial charge in [0.1, 0.15) is 11.8 Å². The predicted octanol–water partition coefficient (Wildman–Crippen LogP) is 5.06. The molecule has 2 aliphatic rings. The van der Waals surface area contributed by atoms with Crippen LogP contribution in [0.5, 0.6) is 11.5 Å². The number of nitrogens with zero attached hydrogens (tertiary/aromatic N) is 1. The van der Waals surface area contributed by atoms with E-state index in [1.165, 1.54) is 16.2 Å². The minimum Gasteiger partial charge on any atom is -0.507 e. The van der Waals surface area contributed by atoms with Crippen LogP contribution in [0.25, 0.3) is 5.76 Å². The van der Waals surface area contributed by atoms with Gasteiger partial charge >= 0.3 is 0 Å². The van der Waals surface area contributed by atoms with Crippen LogP contribution in [-0.4, -0.2) is 23.6 Å². The Balaban J connectivity index is 1.69. The lowest BCUT2D eigenvalue weighted by Gasteiger charge is -2.24. The second-order valence-corrected chi connectivity index (χ2v) is 8.57. The Bertz CT molecular complexity index is 1250. The summed E-state index contributed by atoms with van der Waals surface area (Å²) in [6.07, 6.45) is 0. The van der Waals surface area contributed by atoms with Gasteiger partial charge in [-0.15, -0.1) is 11.3 Å². The molecule has 8 heteroatoms. The lowest BCUT2D eigenvalue weighted by Crippen LogP contribution is -2.29. The van der Waals surface area contributed by atoms with Gasteiger partial charge in [0.15, 0.2) is 11.5 Å². The molecule has 2 aromatic carbocycles. The molecular weight excluding hydrogens is 438 g/mol. The van der Waals surface area contributed by atoms with Crippen molar-refractivity contribution in [2.45, 2.75) is 13.0 Å². The standard InChI is InChI=1S/C23H16ClNO5S/c1-12-4-6-14(10-15(12)24)25-20(18-3-2-8-31-18)19(22(27)23(25)28)21(26)13-5-7-16-17(9-13)30-11-29-16/h2-10,20,26H,11H2,1H3/b21-19-. The average molecular weight is 454 g/mol. The summed E-state index contributed by atoms with van der Waals surface area (Å²) in [6.45, 7) is 1.95. The van der Waals surface area contributed by atoms with E-state index < -0.39 is 17.7 Å². The fourth-order valence-corrected chi connectivity index (χ4v) is 4.74. The Morgan fingerprint density at radius 2 is 1.94 bits per heavy atom. The van der Waals surface area contributed by atoms with Crippen molar-refractivity contribution in [1.29, 1.82) is 0 Å². The van der Waals surface area contributed by atoms with Crippen LogP contribution < -0.4 is 14.4 Å². The number of ketones is 1. The number of halogens is 1. The van der Waals surface area contributed by atoms with Gasteiger partial charge in [-0.05, 0) is 54.3 Å². The van der Waals surface area contributed by atoms with E-state index in [2.05, 4.69) is 0 Å². The average Bonchev–Trinajstić information content (AvgIpc) is 3.50. The fourth-order valence-electron chi connectivity index (χ4n) is 3.75. The largest absolute Gasteiger partial charge is 0.507 e. The summed E-state index contributed by atoms with van der Waals surface area (Å²) in [5.41, 5.74) is 1.73. The van der Waals surface area contributed by atoms with Crippen molar-refractivity contribution < 1.29 is 24.2 Å². The van der Waals surface area contributed by atoms with Crippen LogP contribution in [0.3, 0.4) is 0 Å². The number of aliphatic hydroxyl groups is 1. The summed E-state index contributed by atoms with van der Waals surface area (Å²) in [6, 6.07) is 13.0. The molecule has 0 bridgehead atoms. The van der Waals surface area contributed by atoms with E-state index in [1.807, 2.05) is 24.4 Å². The summed E-state index contributed by atoms with van der Waals surface area (Å²) in [5, 5.41) is 13.5. The number of carbonyl (C=O) groups is 2. The molecule has 156 valence electrons. The maximum Gasteiger partial charge on any atom is 0.300 e. The molecule has 1 N–H and O–H groups in total. The van der Waals surface area contributed by atoms with Crippen LogP contribution >= 0.6 is 22.9 Å². The number of hydrogen-bond donors (Lipinski definition) is 1. The van der Waals surface area contributed by atoms with Crippen LogP contribution in [0.4, 0.5) is 5.69 Å². The molecule has 5 rings (SSSR count). The number of anilines is 1. The molecule has 0 saturated carbocycles. The molecule has 1 unspecified atom stereocenters. The normalized spacial score (nSPS) is 19.3. The third-order valence-electron chi connectivity index (χ3n) is 5.34. The minimum atomic E-state index is -0.774. The van der Waals surface area contributed by atoms with Gasteiger partial charge in [0.05, 0.1) is 5.57 Å². The van der Waals surface area contributed by atoms with Crippen molar-refractivity contribution in [3.05, 3.63) is 80.5 Å². The molecule has 6 nitrogen and oxygen atoms in total. The van der Waals surface area contributed by atoms with Gasteiger partial charge in [0.2, 0.25) is 6.79 Å². The molecule has 0 radical (unpaired) electrons. The van der Waals surface area contributed by atoms with Crippen LogP contribution in [0, 0.1) is 6.92 Å². The van der Waals surface area contributed by atoms with Crippen molar-refractivity contribution in [1.82, 2.24) is 0 Å². The Labute approximate surface area is 186 Å². The number of amides is 1. The highest BCUT2D eigenvalue weighted by molar-refractivity contribution is 7.10. The Hall–Kier alpha value is -3.29. The molecule has 2 aliphatic heterocycles. The van der Waals surface area contributed by atoms with Crippen molar-refractivity contribution in [3.63, 3.8) is 0 Å². The number of thiophene rings is 1. The number of Topliss-reactive ketones (excluding diaryl/α,β-unsaturated/α-hetero) is 1. The molecule has 1 amide bonds. The third-order valence-corrected chi connectivity index (χ3v) is 6.67. The summed E-state index contributed by atoms with van der Waals surface area (Å²) in [5.74, 6) is -0.723. The second-order valence-electron chi connectivity index (χ2n) is 7.19. The number of carbonyl (C=O) groups excluding carboxylic acids is 2. The first-order chi connectivity index (χ1) is 15.0. The topological polar surface area (TPSA) is 76.1 Å². The first-order valence-electron chi connectivity index (χ1n) is 9.46. The van der Waals surface area contributed by atoms with Crippen molar-refractivity contribution >= 4 is 46.1 Å². The monoisotopic (exact) mass is 453 g/mol. The van der Waals surface area contributed by atoms with Gasteiger partial charge < -0.3 is 14.6 Å². The van der Waals surface area contributed by atoms with E-state index >= 15 is 0 Å². The van der Waals surface area contributed by atoms with Crippen LogP contribution in [0.1, 0.15) is 22.0 Å². The van der Waals surface area contributed by atoms with Crippen LogP contribution in [-0.2, 0) is 9.59 Å². The summed E-state index contributed by atoms with van der Waals surface area (Å²) in [7, 11) is 0. The molecule has 0 aliphatic carbocycles. The van der Waals surface area contributed by atoms with Crippen LogP contribution in [0.15, 0.2) is 59.5 Å². The molecule has 3 heterocycles. The fraction of sp³-hybridized carbons (Fsp3) is 0.130. The third kappa shape index (κ3) is 3.17. The maximum absolute atomic E-state index is 13.1. The SMILES string of the molecule is Cc1ccc(N2C(=O)C(=O)/C(=C(\O)c3ccc4c(c3)OCO4)C2c2cccs2)cc1Cl. The smallest absolute Gasteiger partial charge is 0.300 e. The Morgan fingerprint density at radius 1 is 1.13 bits per heavy atom. The summed E-state index contributed by atoms with van der Waals surface area (Å²) in [4.78, 5) is 28.3. The van der Waals surface area contributed by atoms with Crippen LogP contribution in [0.2, 0.25) is 5.02 Å². The highest BCUT2D eigenvalue weighted by Gasteiger charge is 2.47. The molecule has 1 aromatic heterocycles. The predicted molar refractivity (Wildman–Crippen MR) is 118 cm³/mol. The van der Waals surface area contributed by atoms with Crippen molar-refractivity contribution in [2.75, 3.05) is 11.7 Å².